The maximum absolute atomic E-state index is 13.1. The van der Waals surface area contributed by atoms with Crippen LogP contribution in [0.3, 0.4) is 0 Å². The van der Waals surface area contributed by atoms with Gasteiger partial charge in [0, 0.05) is 0 Å². The molecular weight excluding hydrogens is 203 g/mol. The van der Waals surface area contributed by atoms with Crippen molar-refractivity contribution in [3.8, 4) is 0 Å². The Morgan fingerprint density at radius 2 is 1.75 bits per heavy atom. The predicted octanol–water partition coefficient (Wildman–Crippen LogP) is 3.91. The van der Waals surface area contributed by atoms with Crippen LogP contribution in [0.1, 0.15) is 49.5 Å². The van der Waals surface area contributed by atoms with Gasteiger partial charge in [0.15, 0.2) is 0 Å². The van der Waals surface area contributed by atoms with E-state index in [1.807, 2.05) is 20.8 Å². The summed E-state index contributed by atoms with van der Waals surface area (Å²) in [6, 6.07) is 2.98. The molecule has 0 radical (unpaired) electrons. The molecule has 1 rings (SSSR count). The molecule has 0 bridgehead atoms. The van der Waals surface area contributed by atoms with Gasteiger partial charge in [-0.2, -0.15) is 0 Å². The number of rotatable bonds is 4. The molecule has 0 aliphatic rings. The van der Waals surface area contributed by atoms with Gasteiger partial charge in [-0.05, 0) is 55.0 Å². The lowest BCUT2D eigenvalue weighted by atomic mass is 9.88. The molecule has 2 heteroatoms. The Morgan fingerprint density at radius 1 is 1.25 bits per heavy atom. The van der Waals surface area contributed by atoms with Gasteiger partial charge in [0.05, 0.1) is 6.10 Å². The number of benzene rings is 1. The molecule has 0 aliphatic heterocycles. The fourth-order valence-corrected chi connectivity index (χ4v) is 2.29. The second-order valence-corrected chi connectivity index (χ2v) is 4.66. The standard InChI is InChI=1S/C14H21FO/c1-5-6-9(2)14(16)13-10(3)7-12(15)8-11(13)4/h7-9,14,16H,5-6H2,1-4H3. The van der Waals surface area contributed by atoms with Crippen LogP contribution in [0, 0.1) is 25.6 Å². The maximum Gasteiger partial charge on any atom is 0.123 e. The van der Waals surface area contributed by atoms with Crippen molar-refractivity contribution in [2.45, 2.75) is 46.6 Å². The zero-order valence-corrected chi connectivity index (χ0v) is 10.5. The summed E-state index contributed by atoms with van der Waals surface area (Å²) in [6.07, 6.45) is 1.55. The first-order valence-corrected chi connectivity index (χ1v) is 5.92. The number of hydrogen-bond donors (Lipinski definition) is 1. The molecular formula is C14H21FO. The van der Waals surface area contributed by atoms with Gasteiger partial charge >= 0.3 is 0 Å². The summed E-state index contributed by atoms with van der Waals surface area (Å²) in [5.74, 6) is -0.0121. The summed E-state index contributed by atoms with van der Waals surface area (Å²) in [6.45, 7) is 7.85. The van der Waals surface area contributed by atoms with Crippen molar-refractivity contribution in [1.29, 1.82) is 0 Å². The van der Waals surface area contributed by atoms with Gasteiger partial charge in [-0.1, -0.05) is 20.3 Å². The van der Waals surface area contributed by atoms with E-state index in [1.165, 1.54) is 12.1 Å². The highest BCUT2D eigenvalue weighted by Gasteiger charge is 2.19. The van der Waals surface area contributed by atoms with Gasteiger partial charge in [-0.3, -0.25) is 0 Å². The Balaban J connectivity index is 3.03. The summed E-state index contributed by atoms with van der Waals surface area (Å²) < 4.78 is 13.1. The molecule has 16 heavy (non-hydrogen) atoms. The first kappa shape index (κ1) is 13.2. The fraction of sp³-hybridized carbons (Fsp3) is 0.571. The van der Waals surface area contributed by atoms with Crippen molar-refractivity contribution in [3.05, 3.63) is 34.6 Å². The highest BCUT2D eigenvalue weighted by Crippen LogP contribution is 2.30. The molecule has 0 spiro atoms. The second kappa shape index (κ2) is 5.44. The fourth-order valence-electron chi connectivity index (χ4n) is 2.29. The van der Waals surface area contributed by atoms with E-state index in [0.717, 1.165) is 29.5 Å². The van der Waals surface area contributed by atoms with Crippen molar-refractivity contribution in [2.24, 2.45) is 5.92 Å². The monoisotopic (exact) mass is 224 g/mol. The normalized spacial score (nSPS) is 14.9. The molecule has 0 fully saturated rings. The van der Waals surface area contributed by atoms with Crippen molar-refractivity contribution >= 4 is 0 Å². The van der Waals surface area contributed by atoms with E-state index in [2.05, 4.69) is 6.92 Å². The lowest BCUT2D eigenvalue weighted by Crippen LogP contribution is -2.12. The molecule has 1 aromatic rings. The van der Waals surface area contributed by atoms with Crippen LogP contribution in [0.2, 0.25) is 0 Å². The number of hydrogen-bond acceptors (Lipinski definition) is 1. The van der Waals surface area contributed by atoms with Gasteiger partial charge < -0.3 is 5.11 Å². The third-order valence-corrected chi connectivity index (χ3v) is 3.14. The summed E-state index contributed by atoms with van der Waals surface area (Å²) in [5.41, 5.74) is 2.57. The molecule has 0 saturated heterocycles. The van der Waals surface area contributed by atoms with Crippen molar-refractivity contribution in [2.75, 3.05) is 0 Å². The Bertz CT molecular complexity index is 337. The van der Waals surface area contributed by atoms with E-state index in [9.17, 15) is 9.50 Å². The topological polar surface area (TPSA) is 20.2 Å². The number of aliphatic hydroxyl groups excluding tert-OH is 1. The molecule has 0 aliphatic carbocycles. The minimum atomic E-state index is -0.486. The van der Waals surface area contributed by atoms with E-state index in [-0.39, 0.29) is 11.7 Å². The van der Waals surface area contributed by atoms with Crippen LogP contribution in [0.5, 0.6) is 0 Å². The first-order valence-electron chi connectivity index (χ1n) is 5.92. The Labute approximate surface area is 97.3 Å². The Hall–Kier alpha value is -0.890. The Kier molecular flexibility index (Phi) is 4.48. The lowest BCUT2D eigenvalue weighted by Gasteiger charge is -2.22. The van der Waals surface area contributed by atoms with Crippen LogP contribution >= 0.6 is 0 Å². The van der Waals surface area contributed by atoms with Gasteiger partial charge in [-0.25, -0.2) is 4.39 Å². The summed E-state index contributed by atoms with van der Waals surface area (Å²) in [4.78, 5) is 0. The first-order chi connectivity index (χ1) is 7.47. The SMILES string of the molecule is CCCC(C)C(O)c1c(C)cc(F)cc1C. The lowest BCUT2D eigenvalue weighted by molar-refractivity contribution is 0.111. The van der Waals surface area contributed by atoms with Crippen LogP contribution in [0.25, 0.3) is 0 Å². The van der Waals surface area contributed by atoms with Crippen LogP contribution in [-0.4, -0.2) is 5.11 Å². The maximum atomic E-state index is 13.1. The van der Waals surface area contributed by atoms with Crippen molar-refractivity contribution in [3.63, 3.8) is 0 Å². The molecule has 0 amide bonds. The molecule has 1 nitrogen and oxygen atoms in total. The predicted molar refractivity (Wildman–Crippen MR) is 64.9 cm³/mol. The van der Waals surface area contributed by atoms with Gasteiger partial charge in [0.25, 0.3) is 0 Å². The summed E-state index contributed by atoms with van der Waals surface area (Å²) in [7, 11) is 0. The minimum absolute atomic E-state index is 0.216. The van der Waals surface area contributed by atoms with Gasteiger partial charge in [0.2, 0.25) is 0 Å². The van der Waals surface area contributed by atoms with E-state index < -0.39 is 6.10 Å². The molecule has 0 aromatic heterocycles. The zero-order chi connectivity index (χ0) is 12.3. The third-order valence-electron chi connectivity index (χ3n) is 3.14. The largest absolute Gasteiger partial charge is 0.388 e. The van der Waals surface area contributed by atoms with Crippen LogP contribution in [0.15, 0.2) is 12.1 Å². The third kappa shape index (κ3) is 2.82. The molecule has 2 unspecified atom stereocenters. The molecule has 2 atom stereocenters. The smallest absolute Gasteiger partial charge is 0.123 e. The summed E-state index contributed by atoms with van der Waals surface area (Å²) in [5, 5.41) is 10.3. The highest BCUT2D eigenvalue weighted by atomic mass is 19.1. The molecule has 90 valence electrons. The van der Waals surface area contributed by atoms with Crippen molar-refractivity contribution in [1.82, 2.24) is 0 Å². The van der Waals surface area contributed by atoms with E-state index >= 15 is 0 Å². The number of aryl methyl sites for hydroxylation is 2. The quantitative estimate of drug-likeness (QED) is 0.822. The van der Waals surface area contributed by atoms with E-state index in [1.54, 1.807) is 0 Å². The molecule has 1 N–H and O–H groups in total. The van der Waals surface area contributed by atoms with Crippen LogP contribution in [0.4, 0.5) is 4.39 Å². The highest BCUT2D eigenvalue weighted by molar-refractivity contribution is 5.36. The summed E-state index contributed by atoms with van der Waals surface area (Å²) >= 11 is 0. The van der Waals surface area contributed by atoms with Gasteiger partial charge in [-0.15, -0.1) is 0 Å². The Morgan fingerprint density at radius 3 is 2.19 bits per heavy atom. The second-order valence-electron chi connectivity index (χ2n) is 4.66. The van der Waals surface area contributed by atoms with E-state index in [0.29, 0.717) is 0 Å². The van der Waals surface area contributed by atoms with Crippen molar-refractivity contribution < 1.29 is 9.50 Å². The van der Waals surface area contributed by atoms with Gasteiger partial charge in [0.1, 0.15) is 5.82 Å². The average Bonchev–Trinajstić information content (AvgIpc) is 2.16. The van der Waals surface area contributed by atoms with Crippen LogP contribution < -0.4 is 0 Å². The van der Waals surface area contributed by atoms with E-state index in [4.69, 9.17) is 0 Å². The molecule has 0 heterocycles. The molecule has 1 aromatic carbocycles. The zero-order valence-electron chi connectivity index (χ0n) is 10.5. The number of aliphatic hydroxyl groups is 1. The minimum Gasteiger partial charge on any atom is -0.388 e. The van der Waals surface area contributed by atoms with Crippen LogP contribution in [-0.2, 0) is 0 Å². The molecule has 0 saturated carbocycles. The average molecular weight is 224 g/mol. The number of halogens is 1.